The van der Waals surface area contributed by atoms with Gasteiger partial charge in [0.1, 0.15) is 5.69 Å². The number of aliphatic hydroxyl groups excluding tert-OH is 1. The van der Waals surface area contributed by atoms with E-state index in [1.54, 1.807) is 6.92 Å². The van der Waals surface area contributed by atoms with E-state index in [0.29, 0.717) is 11.3 Å². The first-order valence-corrected chi connectivity index (χ1v) is 3.50. The number of aryl methyl sites for hydroxylation is 1. The fraction of sp³-hybridized carbons (Fsp3) is 0.375. The Morgan fingerprint density at radius 3 is 2.58 bits per heavy atom. The second-order valence-corrected chi connectivity index (χ2v) is 2.44. The Hall–Kier alpha value is -1.03. The lowest BCUT2D eigenvalue weighted by atomic mass is 10.2. The van der Waals surface area contributed by atoms with E-state index in [0.717, 1.165) is 0 Å². The highest BCUT2D eigenvalue weighted by molar-refractivity contribution is 5.21. The Balaban J connectivity index is 3.02. The first-order chi connectivity index (χ1) is 5.65. The number of hydrogen-bond donors (Lipinski definition) is 1. The van der Waals surface area contributed by atoms with Crippen molar-refractivity contribution in [3.05, 3.63) is 29.1 Å². The molecule has 12 heavy (non-hydrogen) atoms. The van der Waals surface area contributed by atoms with Gasteiger partial charge in [0.25, 0.3) is 6.43 Å². The molecule has 0 unspecified atom stereocenters. The van der Waals surface area contributed by atoms with Gasteiger partial charge in [-0.25, -0.2) is 8.78 Å². The highest BCUT2D eigenvalue weighted by atomic mass is 19.3. The van der Waals surface area contributed by atoms with Gasteiger partial charge in [0.2, 0.25) is 0 Å². The molecule has 0 amide bonds. The highest BCUT2D eigenvalue weighted by Crippen LogP contribution is 2.17. The summed E-state index contributed by atoms with van der Waals surface area (Å²) in [7, 11) is 0. The summed E-state index contributed by atoms with van der Waals surface area (Å²) in [6, 6.07) is 2.69. The maximum absolute atomic E-state index is 12.1. The molecule has 0 aliphatic carbocycles. The topological polar surface area (TPSA) is 33.1 Å². The van der Waals surface area contributed by atoms with E-state index in [2.05, 4.69) is 4.98 Å². The van der Waals surface area contributed by atoms with Crippen LogP contribution in [0.25, 0.3) is 0 Å². The van der Waals surface area contributed by atoms with Crippen molar-refractivity contribution in [1.29, 1.82) is 0 Å². The maximum Gasteiger partial charge on any atom is 0.280 e. The van der Waals surface area contributed by atoms with Gasteiger partial charge in [0.15, 0.2) is 0 Å². The Morgan fingerprint density at radius 2 is 2.17 bits per heavy atom. The van der Waals surface area contributed by atoms with E-state index in [1.807, 2.05) is 0 Å². The predicted octanol–water partition coefficient (Wildman–Crippen LogP) is 1.82. The molecular weight excluding hydrogens is 164 g/mol. The van der Waals surface area contributed by atoms with Gasteiger partial charge in [-0.15, -0.1) is 0 Å². The van der Waals surface area contributed by atoms with Gasteiger partial charge in [-0.2, -0.15) is 0 Å². The molecule has 1 aromatic heterocycles. The van der Waals surface area contributed by atoms with Crippen molar-refractivity contribution < 1.29 is 13.9 Å². The van der Waals surface area contributed by atoms with Gasteiger partial charge in [0.05, 0.1) is 6.61 Å². The SMILES string of the molecule is Cc1nc(C(F)F)ccc1CO. The molecule has 0 aliphatic rings. The third kappa shape index (κ3) is 1.76. The minimum atomic E-state index is -2.54. The number of rotatable bonds is 2. The molecule has 1 heterocycles. The molecule has 66 valence electrons. The number of halogens is 2. The largest absolute Gasteiger partial charge is 0.392 e. The van der Waals surface area contributed by atoms with Crippen LogP contribution in [0.15, 0.2) is 12.1 Å². The standard InChI is InChI=1S/C8H9F2NO/c1-5-6(4-12)2-3-7(11-5)8(9)10/h2-3,8,12H,4H2,1H3. The third-order valence-corrected chi connectivity index (χ3v) is 1.61. The van der Waals surface area contributed by atoms with Gasteiger partial charge in [-0.05, 0) is 18.6 Å². The minimum Gasteiger partial charge on any atom is -0.392 e. The molecule has 0 radical (unpaired) electrons. The van der Waals surface area contributed by atoms with Crippen molar-refractivity contribution in [2.45, 2.75) is 20.0 Å². The van der Waals surface area contributed by atoms with Crippen molar-refractivity contribution >= 4 is 0 Å². The van der Waals surface area contributed by atoms with Crippen molar-refractivity contribution in [2.24, 2.45) is 0 Å². The van der Waals surface area contributed by atoms with Crippen LogP contribution in [0.5, 0.6) is 0 Å². The van der Waals surface area contributed by atoms with E-state index in [1.165, 1.54) is 12.1 Å². The summed E-state index contributed by atoms with van der Waals surface area (Å²) < 4.78 is 24.1. The Kier molecular flexibility index (Phi) is 2.70. The molecule has 0 aliphatic heterocycles. The fourth-order valence-electron chi connectivity index (χ4n) is 0.898. The average Bonchev–Trinajstić information content (AvgIpc) is 2.04. The van der Waals surface area contributed by atoms with Crippen molar-refractivity contribution in [2.75, 3.05) is 0 Å². The molecule has 0 aromatic carbocycles. The zero-order valence-electron chi connectivity index (χ0n) is 6.59. The smallest absolute Gasteiger partial charge is 0.280 e. The highest BCUT2D eigenvalue weighted by Gasteiger charge is 2.09. The summed E-state index contributed by atoms with van der Waals surface area (Å²) in [5, 5.41) is 8.72. The van der Waals surface area contributed by atoms with Crippen LogP contribution in [-0.4, -0.2) is 10.1 Å². The van der Waals surface area contributed by atoms with Crippen molar-refractivity contribution in [1.82, 2.24) is 4.98 Å². The molecule has 0 saturated heterocycles. The summed E-state index contributed by atoms with van der Waals surface area (Å²) in [4.78, 5) is 3.63. The van der Waals surface area contributed by atoms with Gasteiger partial charge >= 0.3 is 0 Å². The Morgan fingerprint density at radius 1 is 1.50 bits per heavy atom. The van der Waals surface area contributed by atoms with E-state index in [-0.39, 0.29) is 12.3 Å². The van der Waals surface area contributed by atoms with Gasteiger partial charge in [-0.3, -0.25) is 4.98 Å². The second kappa shape index (κ2) is 3.58. The lowest BCUT2D eigenvalue weighted by Gasteiger charge is -2.03. The lowest BCUT2D eigenvalue weighted by Crippen LogP contribution is -1.97. The zero-order chi connectivity index (χ0) is 9.14. The quantitative estimate of drug-likeness (QED) is 0.739. The molecule has 0 fully saturated rings. The third-order valence-electron chi connectivity index (χ3n) is 1.61. The van der Waals surface area contributed by atoms with Crippen LogP contribution in [0.3, 0.4) is 0 Å². The maximum atomic E-state index is 12.1. The van der Waals surface area contributed by atoms with Crippen LogP contribution in [0, 0.1) is 6.92 Å². The number of aliphatic hydroxyl groups is 1. The molecule has 0 bridgehead atoms. The zero-order valence-corrected chi connectivity index (χ0v) is 6.59. The number of aromatic nitrogens is 1. The van der Waals surface area contributed by atoms with Crippen LogP contribution in [0.1, 0.15) is 23.4 Å². The monoisotopic (exact) mass is 173 g/mol. The Bertz CT molecular complexity index is 276. The van der Waals surface area contributed by atoms with Crippen LogP contribution >= 0.6 is 0 Å². The summed E-state index contributed by atoms with van der Waals surface area (Å²) in [5.41, 5.74) is 0.791. The van der Waals surface area contributed by atoms with Gasteiger partial charge in [-0.1, -0.05) is 6.07 Å². The first-order valence-electron chi connectivity index (χ1n) is 3.50. The summed E-state index contributed by atoms with van der Waals surface area (Å²) in [6.07, 6.45) is -2.54. The van der Waals surface area contributed by atoms with Crippen LogP contribution in [0.2, 0.25) is 0 Å². The molecule has 2 nitrogen and oxygen atoms in total. The predicted molar refractivity (Wildman–Crippen MR) is 39.9 cm³/mol. The summed E-state index contributed by atoms with van der Waals surface area (Å²) in [5.74, 6) is 0. The second-order valence-electron chi connectivity index (χ2n) is 2.44. The molecule has 4 heteroatoms. The molecule has 0 atom stereocenters. The number of alkyl halides is 2. The summed E-state index contributed by atoms with van der Waals surface area (Å²) in [6.45, 7) is 1.43. The van der Waals surface area contributed by atoms with E-state index in [9.17, 15) is 8.78 Å². The van der Waals surface area contributed by atoms with Crippen LogP contribution in [-0.2, 0) is 6.61 Å². The van der Waals surface area contributed by atoms with E-state index >= 15 is 0 Å². The molecule has 0 spiro atoms. The van der Waals surface area contributed by atoms with Crippen molar-refractivity contribution in [3.8, 4) is 0 Å². The minimum absolute atomic E-state index is 0.164. The van der Waals surface area contributed by atoms with Gasteiger partial charge < -0.3 is 5.11 Å². The Labute approximate surface area is 68.9 Å². The first kappa shape index (κ1) is 9.06. The molecule has 1 aromatic rings. The normalized spacial score (nSPS) is 10.8. The lowest BCUT2D eigenvalue weighted by molar-refractivity contribution is 0.145. The van der Waals surface area contributed by atoms with Crippen molar-refractivity contribution in [3.63, 3.8) is 0 Å². The number of nitrogens with zero attached hydrogens (tertiary/aromatic N) is 1. The van der Waals surface area contributed by atoms with Gasteiger partial charge in [0, 0.05) is 5.69 Å². The van der Waals surface area contributed by atoms with E-state index < -0.39 is 6.43 Å². The average molecular weight is 173 g/mol. The summed E-state index contributed by atoms with van der Waals surface area (Å²) >= 11 is 0. The van der Waals surface area contributed by atoms with Crippen LogP contribution < -0.4 is 0 Å². The van der Waals surface area contributed by atoms with E-state index in [4.69, 9.17) is 5.11 Å². The molecule has 1 rings (SSSR count). The molecule has 0 saturated carbocycles. The number of pyridine rings is 1. The fourth-order valence-corrected chi connectivity index (χ4v) is 0.898. The van der Waals surface area contributed by atoms with Crippen LogP contribution in [0.4, 0.5) is 8.78 Å². The number of hydrogen-bond acceptors (Lipinski definition) is 2. The molecule has 1 N–H and O–H groups in total. The molecular formula is C8H9F2NO.